The van der Waals surface area contributed by atoms with Crippen LogP contribution in [0.3, 0.4) is 0 Å². The molecule has 1 amide bonds. The maximum atomic E-state index is 12.2. The zero-order valence-electron chi connectivity index (χ0n) is 15.4. The Morgan fingerprint density at radius 3 is 2.79 bits per heavy atom. The van der Waals surface area contributed by atoms with Gasteiger partial charge in [0, 0.05) is 29.0 Å². The Morgan fingerprint density at radius 1 is 1.25 bits per heavy atom. The van der Waals surface area contributed by atoms with Crippen molar-refractivity contribution >= 4 is 33.9 Å². The van der Waals surface area contributed by atoms with Gasteiger partial charge in [-0.2, -0.15) is 5.26 Å². The van der Waals surface area contributed by atoms with Crippen LogP contribution in [-0.2, 0) is 11.2 Å². The molecule has 2 atom stereocenters. The van der Waals surface area contributed by atoms with E-state index in [1.165, 1.54) is 0 Å². The van der Waals surface area contributed by atoms with E-state index in [1.807, 2.05) is 19.1 Å². The molecule has 0 spiro atoms. The Kier molecular flexibility index (Phi) is 4.32. The van der Waals surface area contributed by atoms with Gasteiger partial charge >= 0.3 is 0 Å². The number of carbonyl (C=O) groups is 1. The topological polar surface area (TPSA) is 131 Å². The number of hydrogen-bond donors (Lipinski definition) is 3. The van der Waals surface area contributed by atoms with Crippen LogP contribution in [0.4, 0.5) is 17.2 Å². The van der Waals surface area contributed by atoms with Gasteiger partial charge in [0.05, 0.1) is 29.8 Å². The number of benzene rings is 1. The smallest absolute Gasteiger partial charge is 0.230 e. The van der Waals surface area contributed by atoms with Gasteiger partial charge in [0.15, 0.2) is 0 Å². The highest BCUT2D eigenvalue weighted by molar-refractivity contribution is 6.00. The van der Waals surface area contributed by atoms with Crippen LogP contribution in [-0.4, -0.2) is 15.9 Å². The lowest BCUT2D eigenvalue weighted by Gasteiger charge is -2.13. The summed E-state index contributed by atoms with van der Waals surface area (Å²) in [5, 5.41) is 13.3. The molecule has 2 heterocycles. The maximum Gasteiger partial charge on any atom is 0.230 e. The van der Waals surface area contributed by atoms with Gasteiger partial charge in [-0.15, -0.1) is 0 Å². The van der Waals surface area contributed by atoms with Crippen LogP contribution in [0, 0.1) is 23.2 Å². The number of fused-ring (bicyclic) bond motifs is 1. The van der Waals surface area contributed by atoms with E-state index in [0.717, 1.165) is 33.9 Å². The van der Waals surface area contributed by atoms with Crippen LogP contribution in [0.1, 0.15) is 18.9 Å². The van der Waals surface area contributed by atoms with Crippen LogP contribution in [0.15, 0.2) is 36.8 Å². The van der Waals surface area contributed by atoms with Crippen molar-refractivity contribution in [2.45, 2.75) is 19.8 Å². The molecule has 1 saturated carbocycles. The summed E-state index contributed by atoms with van der Waals surface area (Å²) >= 11 is 0. The number of nitrogens with one attached hydrogen (secondary N) is 1. The van der Waals surface area contributed by atoms with E-state index in [4.69, 9.17) is 16.7 Å². The summed E-state index contributed by atoms with van der Waals surface area (Å²) in [5.41, 5.74) is 16.5. The fourth-order valence-corrected chi connectivity index (χ4v) is 3.50. The Morgan fingerprint density at radius 2 is 2.07 bits per heavy atom. The minimum absolute atomic E-state index is 0.171. The van der Waals surface area contributed by atoms with Gasteiger partial charge in [0.25, 0.3) is 0 Å². The van der Waals surface area contributed by atoms with Gasteiger partial charge in [-0.25, -0.2) is 4.98 Å². The lowest BCUT2D eigenvalue weighted by atomic mass is 9.96. The Hall–Kier alpha value is -3.66. The second-order valence-electron chi connectivity index (χ2n) is 7.03. The first-order valence-electron chi connectivity index (χ1n) is 9.14. The quantitative estimate of drug-likeness (QED) is 0.603. The van der Waals surface area contributed by atoms with Gasteiger partial charge in [-0.05, 0) is 47.6 Å². The van der Waals surface area contributed by atoms with Crippen molar-refractivity contribution in [3.8, 4) is 17.2 Å². The highest BCUT2D eigenvalue weighted by Gasteiger charge is 2.43. The Bertz CT molecular complexity index is 1130. The van der Waals surface area contributed by atoms with Gasteiger partial charge < -0.3 is 16.8 Å². The monoisotopic (exact) mass is 372 g/mol. The minimum Gasteiger partial charge on any atom is -0.398 e. The number of anilines is 3. The molecule has 1 aromatic carbocycles. The largest absolute Gasteiger partial charge is 0.398 e. The van der Waals surface area contributed by atoms with Crippen LogP contribution in [0.25, 0.3) is 21.9 Å². The summed E-state index contributed by atoms with van der Waals surface area (Å²) < 4.78 is 0. The third-order valence-corrected chi connectivity index (χ3v) is 5.17. The van der Waals surface area contributed by atoms with Gasteiger partial charge in [0.2, 0.25) is 5.91 Å². The molecular formula is C21H20N6O. The van der Waals surface area contributed by atoms with Crippen molar-refractivity contribution in [3.05, 3.63) is 42.4 Å². The SMILES string of the molecule is CCc1c(N)cncc1-c1cc(N)c2cnc(NC(=O)C3CC3C#N)cc2c1. The van der Waals surface area contributed by atoms with E-state index >= 15 is 0 Å². The molecule has 7 nitrogen and oxygen atoms in total. The second kappa shape index (κ2) is 6.82. The molecule has 0 radical (unpaired) electrons. The molecule has 0 bridgehead atoms. The highest BCUT2D eigenvalue weighted by atomic mass is 16.2. The van der Waals surface area contributed by atoms with Crippen molar-refractivity contribution in [1.82, 2.24) is 9.97 Å². The second-order valence-corrected chi connectivity index (χ2v) is 7.03. The van der Waals surface area contributed by atoms with Crippen molar-refractivity contribution in [2.24, 2.45) is 11.8 Å². The predicted molar refractivity (Wildman–Crippen MR) is 109 cm³/mol. The normalized spacial score (nSPS) is 17.9. The first-order valence-corrected chi connectivity index (χ1v) is 9.14. The number of rotatable bonds is 4. The molecule has 140 valence electrons. The van der Waals surface area contributed by atoms with E-state index in [9.17, 15) is 4.79 Å². The fourth-order valence-electron chi connectivity index (χ4n) is 3.50. The number of pyridine rings is 2. The lowest BCUT2D eigenvalue weighted by molar-refractivity contribution is -0.117. The van der Waals surface area contributed by atoms with E-state index in [-0.39, 0.29) is 17.7 Å². The Balaban J connectivity index is 1.72. The Labute approximate surface area is 162 Å². The van der Waals surface area contributed by atoms with E-state index < -0.39 is 0 Å². The summed E-state index contributed by atoms with van der Waals surface area (Å²) in [5.74, 6) is -0.162. The minimum atomic E-state index is -0.246. The number of nitrogens with two attached hydrogens (primary N) is 2. The average Bonchev–Trinajstić information content (AvgIpc) is 3.47. The summed E-state index contributed by atoms with van der Waals surface area (Å²) in [6, 6.07) is 7.80. The molecule has 1 aliphatic rings. The first-order chi connectivity index (χ1) is 13.5. The molecule has 7 heteroatoms. The summed E-state index contributed by atoms with van der Waals surface area (Å²) in [4.78, 5) is 20.7. The van der Waals surface area contributed by atoms with Crippen LogP contribution < -0.4 is 16.8 Å². The van der Waals surface area contributed by atoms with E-state index in [1.54, 1.807) is 24.7 Å². The number of carbonyl (C=O) groups excluding carboxylic acids is 1. The van der Waals surface area contributed by atoms with E-state index in [2.05, 4.69) is 21.4 Å². The third-order valence-electron chi connectivity index (χ3n) is 5.17. The molecule has 1 aliphatic carbocycles. The molecule has 1 fully saturated rings. The number of hydrogen-bond acceptors (Lipinski definition) is 6. The van der Waals surface area contributed by atoms with Crippen LogP contribution >= 0.6 is 0 Å². The van der Waals surface area contributed by atoms with Crippen molar-refractivity contribution in [3.63, 3.8) is 0 Å². The summed E-state index contributed by atoms with van der Waals surface area (Å²) in [6.07, 6.45) is 6.47. The zero-order chi connectivity index (χ0) is 19.8. The number of nitriles is 1. The number of amides is 1. The molecule has 28 heavy (non-hydrogen) atoms. The predicted octanol–water partition coefficient (Wildman–Crippen LogP) is 3.12. The average molecular weight is 372 g/mol. The molecule has 2 aromatic heterocycles. The van der Waals surface area contributed by atoms with E-state index in [0.29, 0.717) is 23.6 Å². The standard InChI is InChI=1S/C21H20N6O/c1-2-14-16(8-25-10-19(14)24)11-3-12-6-20(26-9-17(12)18(23)5-11)27-21(28)15-4-13(15)7-22/h3,5-6,8-10,13,15H,2,4,23-24H2,1H3,(H,26,27,28). The number of nitrogen functional groups attached to an aromatic ring is 2. The van der Waals surface area contributed by atoms with Gasteiger partial charge in [0.1, 0.15) is 5.82 Å². The summed E-state index contributed by atoms with van der Waals surface area (Å²) in [7, 11) is 0. The number of aromatic nitrogens is 2. The first kappa shape index (κ1) is 17.7. The highest BCUT2D eigenvalue weighted by Crippen LogP contribution is 2.39. The van der Waals surface area contributed by atoms with Crippen molar-refractivity contribution < 1.29 is 4.79 Å². The molecule has 0 saturated heterocycles. The summed E-state index contributed by atoms with van der Waals surface area (Å²) in [6.45, 7) is 2.05. The van der Waals surface area contributed by atoms with Crippen LogP contribution in [0.2, 0.25) is 0 Å². The maximum absolute atomic E-state index is 12.2. The molecular weight excluding hydrogens is 352 g/mol. The molecule has 4 rings (SSSR count). The third kappa shape index (κ3) is 3.09. The number of nitrogens with zero attached hydrogens (tertiary/aromatic N) is 3. The molecule has 2 unspecified atom stereocenters. The molecule has 3 aromatic rings. The zero-order valence-corrected chi connectivity index (χ0v) is 15.4. The molecule has 5 N–H and O–H groups in total. The van der Waals surface area contributed by atoms with Gasteiger partial charge in [-0.3, -0.25) is 9.78 Å². The molecule has 0 aliphatic heterocycles. The lowest BCUT2D eigenvalue weighted by Crippen LogP contribution is -2.15. The van der Waals surface area contributed by atoms with Crippen molar-refractivity contribution in [1.29, 1.82) is 5.26 Å². The van der Waals surface area contributed by atoms with Crippen molar-refractivity contribution in [2.75, 3.05) is 16.8 Å². The van der Waals surface area contributed by atoms with Crippen LogP contribution in [0.5, 0.6) is 0 Å². The van der Waals surface area contributed by atoms with Gasteiger partial charge in [-0.1, -0.05) is 6.92 Å². The fraction of sp³-hybridized carbons (Fsp3) is 0.238.